The summed E-state index contributed by atoms with van der Waals surface area (Å²) in [4.78, 5) is 36.7. The zero-order valence-corrected chi connectivity index (χ0v) is 16.9. The first kappa shape index (κ1) is 21.4. The molecule has 0 fully saturated rings. The fraction of sp³-hybridized carbons (Fsp3) is 0.350. The van der Waals surface area contributed by atoms with E-state index in [9.17, 15) is 14.4 Å². The van der Waals surface area contributed by atoms with E-state index >= 15 is 0 Å². The Labute approximate surface area is 168 Å². The minimum Gasteiger partial charge on any atom is -0.452 e. The number of nitrogens with one attached hydrogen (secondary N) is 2. The number of carbonyl (C=O) groups is 3. The van der Waals surface area contributed by atoms with Crippen molar-refractivity contribution < 1.29 is 23.9 Å². The first-order chi connectivity index (χ1) is 13.2. The highest BCUT2D eigenvalue weighted by atomic mass is 32.1. The maximum atomic E-state index is 12.0. The molecule has 0 saturated heterocycles. The number of benzene rings is 1. The molecule has 0 aliphatic rings. The van der Waals surface area contributed by atoms with Crippen molar-refractivity contribution in [3.63, 3.8) is 0 Å². The van der Waals surface area contributed by atoms with Crippen LogP contribution in [0, 0.1) is 0 Å². The summed E-state index contributed by atoms with van der Waals surface area (Å²) in [5, 5.41) is 7.26. The molecule has 0 bridgehead atoms. The molecule has 0 radical (unpaired) electrons. The molecule has 2 aromatic rings. The van der Waals surface area contributed by atoms with E-state index in [2.05, 4.69) is 10.6 Å². The van der Waals surface area contributed by atoms with E-state index in [1.807, 2.05) is 17.5 Å². The van der Waals surface area contributed by atoms with E-state index in [0.717, 1.165) is 6.42 Å². The molecule has 1 aromatic carbocycles. The van der Waals surface area contributed by atoms with Gasteiger partial charge in [-0.3, -0.25) is 10.1 Å². The molecule has 1 heterocycles. The van der Waals surface area contributed by atoms with Crippen LogP contribution in [0.1, 0.15) is 36.0 Å². The van der Waals surface area contributed by atoms with Crippen molar-refractivity contribution in [2.24, 2.45) is 0 Å². The third-order valence-corrected chi connectivity index (χ3v) is 4.31. The molecule has 1 aromatic heterocycles. The Hall–Kier alpha value is -2.87. The van der Waals surface area contributed by atoms with Gasteiger partial charge in [-0.1, -0.05) is 6.07 Å². The quantitative estimate of drug-likeness (QED) is 0.688. The van der Waals surface area contributed by atoms with Crippen LogP contribution in [-0.2, 0) is 20.7 Å². The zero-order valence-electron chi connectivity index (χ0n) is 16.1. The monoisotopic (exact) mass is 404 g/mol. The average Bonchev–Trinajstić information content (AvgIpc) is 3.12. The van der Waals surface area contributed by atoms with E-state index in [0.29, 0.717) is 12.2 Å². The van der Waals surface area contributed by atoms with Gasteiger partial charge in [0.05, 0.1) is 5.56 Å². The van der Waals surface area contributed by atoms with Crippen LogP contribution in [0.15, 0.2) is 41.8 Å². The average molecular weight is 404 g/mol. The lowest BCUT2D eigenvalue weighted by Crippen LogP contribution is -2.30. The van der Waals surface area contributed by atoms with Gasteiger partial charge >= 0.3 is 12.1 Å². The summed E-state index contributed by atoms with van der Waals surface area (Å²) in [6.07, 6.45) is 0.158. The second-order valence-corrected chi connectivity index (χ2v) is 7.99. The maximum Gasteiger partial charge on any atom is 0.412 e. The molecule has 2 N–H and O–H groups in total. The van der Waals surface area contributed by atoms with Crippen molar-refractivity contribution in [2.75, 3.05) is 18.5 Å². The van der Waals surface area contributed by atoms with Gasteiger partial charge in [-0.05, 0) is 62.9 Å². The zero-order chi connectivity index (χ0) is 20.6. The van der Waals surface area contributed by atoms with E-state index < -0.39 is 17.7 Å². The van der Waals surface area contributed by atoms with Crippen molar-refractivity contribution in [1.29, 1.82) is 0 Å². The number of hydrogen-bond donors (Lipinski definition) is 2. The molecule has 0 aliphatic carbocycles. The van der Waals surface area contributed by atoms with Crippen LogP contribution in [0.25, 0.3) is 0 Å². The van der Waals surface area contributed by atoms with E-state index in [1.54, 1.807) is 44.2 Å². The highest BCUT2D eigenvalue weighted by molar-refractivity contribution is 7.09. The van der Waals surface area contributed by atoms with Crippen LogP contribution in [0.4, 0.5) is 10.5 Å². The van der Waals surface area contributed by atoms with Crippen LogP contribution in [-0.4, -0.2) is 36.7 Å². The van der Waals surface area contributed by atoms with Crippen LogP contribution in [0.2, 0.25) is 0 Å². The lowest BCUT2D eigenvalue weighted by atomic mass is 10.2. The molecule has 0 atom stereocenters. The number of esters is 1. The second-order valence-electron chi connectivity index (χ2n) is 6.96. The predicted molar refractivity (Wildman–Crippen MR) is 108 cm³/mol. The number of carbonyl (C=O) groups excluding carboxylic acids is 3. The van der Waals surface area contributed by atoms with Crippen LogP contribution in [0.3, 0.4) is 0 Å². The number of amides is 2. The number of ether oxygens (including phenoxy) is 2. The molecule has 150 valence electrons. The van der Waals surface area contributed by atoms with Gasteiger partial charge in [-0.15, -0.1) is 11.3 Å². The van der Waals surface area contributed by atoms with Gasteiger partial charge in [-0.2, -0.15) is 0 Å². The molecule has 0 aliphatic heterocycles. The molecule has 7 nitrogen and oxygen atoms in total. The maximum absolute atomic E-state index is 12.0. The minimum atomic E-state index is -0.614. The highest BCUT2D eigenvalue weighted by Crippen LogP contribution is 2.13. The number of thiophene rings is 1. The summed E-state index contributed by atoms with van der Waals surface area (Å²) in [6, 6.07) is 10.1. The fourth-order valence-corrected chi connectivity index (χ4v) is 2.87. The molecule has 0 saturated carbocycles. The normalized spacial score (nSPS) is 10.8. The largest absolute Gasteiger partial charge is 0.452 e. The smallest absolute Gasteiger partial charge is 0.412 e. The summed E-state index contributed by atoms with van der Waals surface area (Å²) in [5.74, 6) is -0.967. The van der Waals surface area contributed by atoms with E-state index in [4.69, 9.17) is 9.47 Å². The molecule has 8 heteroatoms. The van der Waals surface area contributed by atoms with Crippen molar-refractivity contribution in [3.05, 3.63) is 52.2 Å². The van der Waals surface area contributed by atoms with Crippen LogP contribution in [0.5, 0.6) is 0 Å². The van der Waals surface area contributed by atoms with Gasteiger partial charge in [0, 0.05) is 17.1 Å². The SMILES string of the molecule is CC(C)(C)OC(=O)Nc1ccc(C(=O)OCC(=O)NCCc2cccs2)cc1. The van der Waals surface area contributed by atoms with Gasteiger partial charge in [0.25, 0.3) is 5.91 Å². The van der Waals surface area contributed by atoms with Crippen molar-refractivity contribution >= 4 is 35.0 Å². The van der Waals surface area contributed by atoms with E-state index in [1.165, 1.54) is 17.0 Å². The third-order valence-electron chi connectivity index (χ3n) is 3.37. The van der Waals surface area contributed by atoms with Crippen molar-refractivity contribution in [2.45, 2.75) is 32.8 Å². The highest BCUT2D eigenvalue weighted by Gasteiger charge is 2.16. The van der Waals surface area contributed by atoms with Gasteiger partial charge in [0.15, 0.2) is 6.61 Å². The summed E-state index contributed by atoms with van der Waals surface area (Å²) in [5.41, 5.74) is 0.163. The Bertz CT molecular complexity index is 795. The molecule has 0 spiro atoms. The Kier molecular flexibility index (Phi) is 7.57. The van der Waals surface area contributed by atoms with Gasteiger partial charge in [0.2, 0.25) is 0 Å². The lowest BCUT2D eigenvalue weighted by molar-refractivity contribution is -0.124. The fourth-order valence-electron chi connectivity index (χ4n) is 2.16. The second kappa shape index (κ2) is 9.89. The minimum absolute atomic E-state index is 0.279. The molecular weight excluding hydrogens is 380 g/mol. The Balaban J connectivity index is 1.73. The summed E-state index contributed by atoms with van der Waals surface area (Å²) >= 11 is 1.63. The summed E-state index contributed by atoms with van der Waals surface area (Å²) in [6.45, 7) is 5.45. The van der Waals surface area contributed by atoms with Crippen LogP contribution < -0.4 is 10.6 Å². The summed E-state index contributed by atoms with van der Waals surface area (Å²) in [7, 11) is 0. The van der Waals surface area contributed by atoms with Gasteiger partial charge in [-0.25, -0.2) is 9.59 Å². The topological polar surface area (TPSA) is 93.7 Å². The molecule has 2 rings (SSSR count). The lowest BCUT2D eigenvalue weighted by Gasteiger charge is -2.19. The van der Waals surface area contributed by atoms with Crippen molar-refractivity contribution in [3.8, 4) is 0 Å². The molecule has 2 amide bonds. The Morgan fingerprint density at radius 1 is 1.07 bits per heavy atom. The first-order valence-electron chi connectivity index (χ1n) is 8.79. The van der Waals surface area contributed by atoms with Gasteiger partial charge in [0.1, 0.15) is 5.60 Å². The molecule has 0 unspecified atom stereocenters. The summed E-state index contributed by atoms with van der Waals surface area (Å²) < 4.78 is 10.2. The predicted octanol–water partition coefficient (Wildman–Crippen LogP) is 3.61. The molecule has 28 heavy (non-hydrogen) atoms. The molecular formula is C20H24N2O5S. The first-order valence-corrected chi connectivity index (χ1v) is 9.67. The number of anilines is 1. The standard InChI is InChI=1S/C20H24N2O5S/c1-20(2,3)27-19(25)22-15-8-6-14(7-9-15)18(24)26-13-17(23)21-11-10-16-5-4-12-28-16/h4-9,12H,10-11,13H2,1-3H3,(H,21,23)(H,22,25). The van der Waals surface area contributed by atoms with E-state index in [-0.39, 0.29) is 18.1 Å². The third kappa shape index (κ3) is 7.79. The Morgan fingerprint density at radius 2 is 1.79 bits per heavy atom. The Morgan fingerprint density at radius 3 is 2.39 bits per heavy atom. The van der Waals surface area contributed by atoms with Crippen molar-refractivity contribution in [1.82, 2.24) is 5.32 Å². The van der Waals surface area contributed by atoms with Gasteiger partial charge < -0.3 is 14.8 Å². The van der Waals surface area contributed by atoms with Crippen LogP contribution >= 0.6 is 11.3 Å². The number of rotatable bonds is 7. The number of hydrogen-bond acceptors (Lipinski definition) is 6.